The van der Waals surface area contributed by atoms with Gasteiger partial charge in [0.1, 0.15) is 0 Å². The first kappa shape index (κ1) is 16.4. The van der Waals surface area contributed by atoms with Crippen molar-refractivity contribution in [3.63, 3.8) is 0 Å². The van der Waals surface area contributed by atoms with Gasteiger partial charge in [-0.25, -0.2) is 0 Å². The van der Waals surface area contributed by atoms with Crippen LogP contribution in [0.5, 0.6) is 0 Å². The molecule has 0 saturated carbocycles. The van der Waals surface area contributed by atoms with Gasteiger partial charge in [0, 0.05) is 0 Å². The third kappa shape index (κ3) is 11.7. The molecular weight excluding hydrogens is 216 g/mol. The molecule has 0 aliphatic carbocycles. The predicted octanol–water partition coefficient (Wildman–Crippen LogP) is 3.60. The van der Waals surface area contributed by atoms with Crippen LogP contribution in [0.4, 0.5) is 0 Å². The lowest BCUT2D eigenvalue weighted by atomic mass is 9.98. The summed E-state index contributed by atoms with van der Waals surface area (Å²) in [6.45, 7) is 4.53. The number of carboxylic acids is 1. The normalized spacial score (nSPS) is 14.5. The van der Waals surface area contributed by atoms with Gasteiger partial charge in [0.2, 0.25) is 0 Å². The van der Waals surface area contributed by atoms with E-state index in [4.69, 9.17) is 5.11 Å². The van der Waals surface area contributed by atoms with Crippen LogP contribution in [0.3, 0.4) is 0 Å². The van der Waals surface area contributed by atoms with E-state index in [0.717, 1.165) is 18.8 Å². The first-order valence-electron chi connectivity index (χ1n) is 6.96. The number of hydrogen-bond acceptors (Lipinski definition) is 2. The van der Waals surface area contributed by atoms with E-state index in [2.05, 4.69) is 13.8 Å². The summed E-state index contributed by atoms with van der Waals surface area (Å²) in [5, 5.41) is 17.8. The van der Waals surface area contributed by atoms with Gasteiger partial charge in [-0.3, -0.25) is 4.79 Å². The lowest BCUT2D eigenvalue weighted by Gasteiger charge is -2.10. The van der Waals surface area contributed by atoms with Crippen LogP contribution >= 0.6 is 0 Å². The van der Waals surface area contributed by atoms with Crippen molar-refractivity contribution in [1.29, 1.82) is 0 Å². The summed E-state index contributed by atoms with van der Waals surface area (Å²) in [6, 6.07) is 0. The van der Waals surface area contributed by atoms with E-state index in [0.29, 0.717) is 6.42 Å². The van der Waals surface area contributed by atoms with Gasteiger partial charge in [-0.05, 0) is 12.3 Å². The molecule has 0 aromatic carbocycles. The molecule has 0 saturated heterocycles. The Labute approximate surface area is 105 Å². The second-order valence-corrected chi connectivity index (χ2v) is 5.14. The van der Waals surface area contributed by atoms with Crippen LogP contribution in [0.2, 0.25) is 0 Å². The van der Waals surface area contributed by atoms with Crippen molar-refractivity contribution in [1.82, 2.24) is 0 Å². The number of unbranched alkanes of at least 4 members (excludes halogenated alkanes) is 3. The summed E-state index contributed by atoms with van der Waals surface area (Å²) in [5.74, 6) is -0.0801. The molecule has 2 N–H and O–H groups in total. The molecule has 3 nitrogen and oxygen atoms in total. The predicted molar refractivity (Wildman–Crippen MR) is 70.0 cm³/mol. The van der Waals surface area contributed by atoms with Crippen molar-refractivity contribution in [3.05, 3.63) is 0 Å². The van der Waals surface area contributed by atoms with E-state index in [1.165, 1.54) is 32.1 Å². The molecule has 2 unspecified atom stereocenters. The smallest absolute Gasteiger partial charge is 0.305 e. The molecular formula is C14H28O3. The molecule has 0 spiro atoms. The summed E-state index contributed by atoms with van der Waals surface area (Å²) in [6.07, 6.45) is 8.23. The van der Waals surface area contributed by atoms with Crippen molar-refractivity contribution in [2.24, 2.45) is 5.92 Å². The van der Waals surface area contributed by atoms with Crippen LogP contribution in [-0.4, -0.2) is 22.3 Å². The summed E-state index contributed by atoms with van der Waals surface area (Å²) >= 11 is 0. The Balaban J connectivity index is 3.26. The van der Waals surface area contributed by atoms with E-state index in [-0.39, 0.29) is 6.42 Å². The maximum atomic E-state index is 10.3. The molecule has 2 atom stereocenters. The van der Waals surface area contributed by atoms with Crippen molar-refractivity contribution in [2.45, 2.75) is 77.7 Å². The molecule has 0 rings (SSSR count). The van der Waals surface area contributed by atoms with Crippen molar-refractivity contribution in [2.75, 3.05) is 0 Å². The molecule has 0 aromatic heterocycles. The summed E-state index contributed by atoms with van der Waals surface area (Å²) in [4.78, 5) is 10.3. The lowest BCUT2D eigenvalue weighted by molar-refractivity contribution is -0.139. The van der Waals surface area contributed by atoms with Gasteiger partial charge in [-0.1, -0.05) is 58.8 Å². The Morgan fingerprint density at radius 3 is 2.18 bits per heavy atom. The monoisotopic (exact) mass is 244 g/mol. The fraction of sp³-hybridized carbons (Fsp3) is 0.929. The van der Waals surface area contributed by atoms with E-state index in [9.17, 15) is 9.90 Å². The Kier molecular flexibility index (Phi) is 10.2. The largest absolute Gasteiger partial charge is 0.481 e. The van der Waals surface area contributed by atoms with Gasteiger partial charge in [-0.2, -0.15) is 0 Å². The van der Waals surface area contributed by atoms with E-state index >= 15 is 0 Å². The fourth-order valence-electron chi connectivity index (χ4n) is 2.17. The number of carboxylic acid groups (broad SMARTS) is 1. The molecule has 0 aromatic rings. The van der Waals surface area contributed by atoms with Gasteiger partial charge >= 0.3 is 5.97 Å². The zero-order valence-corrected chi connectivity index (χ0v) is 11.3. The second-order valence-electron chi connectivity index (χ2n) is 5.14. The van der Waals surface area contributed by atoms with E-state index in [1.54, 1.807) is 0 Å². The van der Waals surface area contributed by atoms with Crippen LogP contribution in [0, 0.1) is 5.92 Å². The Morgan fingerprint density at radius 1 is 1.06 bits per heavy atom. The van der Waals surface area contributed by atoms with E-state index < -0.39 is 12.1 Å². The number of aliphatic hydroxyl groups is 1. The number of carbonyl (C=O) groups is 1. The Morgan fingerprint density at radius 2 is 1.65 bits per heavy atom. The fourth-order valence-corrected chi connectivity index (χ4v) is 2.17. The molecule has 0 fully saturated rings. The SMILES string of the molecule is CCCC(C)CCCCCCC(O)CC(=O)O. The van der Waals surface area contributed by atoms with Crippen LogP contribution < -0.4 is 0 Å². The zero-order chi connectivity index (χ0) is 13.1. The molecule has 0 aliphatic rings. The average molecular weight is 244 g/mol. The molecule has 102 valence electrons. The standard InChI is InChI=1S/C14H28O3/c1-3-8-12(2)9-6-4-5-7-10-13(15)11-14(16)17/h12-13,15H,3-11H2,1-2H3,(H,16,17). The first-order valence-corrected chi connectivity index (χ1v) is 6.96. The number of aliphatic carboxylic acids is 1. The summed E-state index contributed by atoms with van der Waals surface area (Å²) in [7, 11) is 0. The Hall–Kier alpha value is -0.570. The van der Waals surface area contributed by atoms with Gasteiger partial charge in [0.25, 0.3) is 0 Å². The van der Waals surface area contributed by atoms with Crippen LogP contribution in [-0.2, 0) is 4.79 Å². The molecule has 0 amide bonds. The maximum absolute atomic E-state index is 10.3. The molecule has 3 heteroatoms. The number of rotatable bonds is 11. The topological polar surface area (TPSA) is 57.5 Å². The quantitative estimate of drug-likeness (QED) is 0.546. The minimum absolute atomic E-state index is 0.118. The van der Waals surface area contributed by atoms with Gasteiger partial charge in [0.15, 0.2) is 0 Å². The molecule has 17 heavy (non-hydrogen) atoms. The van der Waals surface area contributed by atoms with Crippen LogP contribution in [0.15, 0.2) is 0 Å². The molecule has 0 aliphatic heterocycles. The van der Waals surface area contributed by atoms with E-state index in [1.807, 2.05) is 0 Å². The number of aliphatic hydroxyl groups excluding tert-OH is 1. The highest BCUT2D eigenvalue weighted by Gasteiger charge is 2.08. The van der Waals surface area contributed by atoms with Crippen molar-refractivity contribution < 1.29 is 15.0 Å². The third-order valence-corrected chi connectivity index (χ3v) is 3.18. The average Bonchev–Trinajstić information content (AvgIpc) is 2.22. The molecule has 0 bridgehead atoms. The van der Waals surface area contributed by atoms with Gasteiger partial charge in [-0.15, -0.1) is 0 Å². The lowest BCUT2D eigenvalue weighted by Crippen LogP contribution is -2.12. The van der Waals surface area contributed by atoms with Gasteiger partial charge < -0.3 is 10.2 Å². The van der Waals surface area contributed by atoms with Crippen molar-refractivity contribution in [3.8, 4) is 0 Å². The number of hydrogen-bond donors (Lipinski definition) is 2. The highest BCUT2D eigenvalue weighted by Crippen LogP contribution is 2.16. The molecule has 0 heterocycles. The first-order chi connectivity index (χ1) is 8.06. The van der Waals surface area contributed by atoms with Crippen molar-refractivity contribution >= 4 is 5.97 Å². The van der Waals surface area contributed by atoms with Crippen LogP contribution in [0.25, 0.3) is 0 Å². The third-order valence-electron chi connectivity index (χ3n) is 3.18. The highest BCUT2D eigenvalue weighted by atomic mass is 16.4. The highest BCUT2D eigenvalue weighted by molar-refractivity contribution is 5.67. The summed E-state index contributed by atoms with van der Waals surface area (Å²) < 4.78 is 0. The summed E-state index contributed by atoms with van der Waals surface area (Å²) in [5.41, 5.74) is 0. The second kappa shape index (κ2) is 10.6. The minimum Gasteiger partial charge on any atom is -0.481 e. The van der Waals surface area contributed by atoms with Gasteiger partial charge in [0.05, 0.1) is 12.5 Å². The maximum Gasteiger partial charge on any atom is 0.305 e. The molecule has 0 radical (unpaired) electrons. The minimum atomic E-state index is -0.911. The zero-order valence-electron chi connectivity index (χ0n) is 11.3. The van der Waals surface area contributed by atoms with Crippen LogP contribution in [0.1, 0.15) is 71.6 Å². The Bertz CT molecular complexity index is 192.